The van der Waals surface area contributed by atoms with Crippen molar-refractivity contribution in [3.63, 3.8) is 0 Å². The number of carbonyl (C=O) groups is 1. The third kappa shape index (κ3) is 3.71. The number of amides is 1. The maximum Gasteiger partial charge on any atom is 0.326 e. The van der Waals surface area contributed by atoms with Gasteiger partial charge in [-0.15, -0.1) is 0 Å². The van der Waals surface area contributed by atoms with E-state index in [1.165, 1.54) is 22.8 Å². The van der Waals surface area contributed by atoms with E-state index < -0.39 is 11.5 Å². The molecule has 3 rings (SSSR count). The van der Waals surface area contributed by atoms with E-state index >= 15 is 0 Å². The number of imidazole rings is 1. The van der Waals surface area contributed by atoms with Crippen LogP contribution in [0.3, 0.4) is 0 Å². The second-order valence-corrected chi connectivity index (χ2v) is 5.59. The van der Waals surface area contributed by atoms with E-state index in [1.807, 2.05) is 24.3 Å². The number of benzene rings is 2. The van der Waals surface area contributed by atoms with Crippen molar-refractivity contribution in [3.05, 3.63) is 64.3 Å². The van der Waals surface area contributed by atoms with E-state index in [0.29, 0.717) is 24.0 Å². The monoisotopic (exact) mass is 343 g/mol. The topological polar surface area (TPSA) is 76.1 Å². The highest BCUT2D eigenvalue weighted by atomic mass is 19.1. The summed E-state index contributed by atoms with van der Waals surface area (Å²) in [5.74, 6) is 0.0380. The number of para-hydroxylation sites is 1. The number of methoxy groups -OCH3 is 1. The summed E-state index contributed by atoms with van der Waals surface area (Å²) < 4.78 is 19.8. The van der Waals surface area contributed by atoms with Gasteiger partial charge in [0.2, 0.25) is 5.91 Å². The molecule has 130 valence electrons. The first-order valence-electron chi connectivity index (χ1n) is 7.85. The van der Waals surface area contributed by atoms with E-state index in [0.717, 1.165) is 11.3 Å². The number of hydrogen-bond donors (Lipinski definition) is 2. The van der Waals surface area contributed by atoms with Crippen LogP contribution in [0.5, 0.6) is 5.75 Å². The molecular weight excluding hydrogens is 325 g/mol. The van der Waals surface area contributed by atoms with Gasteiger partial charge in [-0.2, -0.15) is 0 Å². The predicted molar refractivity (Wildman–Crippen MR) is 92.2 cm³/mol. The van der Waals surface area contributed by atoms with Crippen molar-refractivity contribution in [2.75, 3.05) is 13.7 Å². The quantitative estimate of drug-likeness (QED) is 0.717. The molecule has 1 amide bonds. The average Bonchev–Trinajstić information content (AvgIpc) is 2.90. The highest BCUT2D eigenvalue weighted by molar-refractivity contribution is 5.80. The Labute approximate surface area is 143 Å². The molecule has 7 heteroatoms. The predicted octanol–water partition coefficient (Wildman–Crippen LogP) is 1.84. The van der Waals surface area contributed by atoms with E-state index in [2.05, 4.69) is 10.3 Å². The molecule has 0 aliphatic heterocycles. The minimum atomic E-state index is -0.444. The summed E-state index contributed by atoms with van der Waals surface area (Å²) in [5, 5.41) is 2.78. The van der Waals surface area contributed by atoms with Gasteiger partial charge in [-0.25, -0.2) is 9.18 Å². The minimum Gasteiger partial charge on any atom is -0.496 e. The van der Waals surface area contributed by atoms with Crippen LogP contribution in [0.15, 0.2) is 47.3 Å². The molecule has 0 atom stereocenters. The second-order valence-electron chi connectivity index (χ2n) is 5.59. The number of H-pyrrole nitrogens is 1. The molecule has 2 N–H and O–H groups in total. The van der Waals surface area contributed by atoms with Crippen molar-refractivity contribution in [3.8, 4) is 5.75 Å². The standard InChI is InChI=1S/C18H18FN3O3/c1-25-16-5-3-2-4-12(16)8-9-20-17(23)11-22-15-7-6-13(19)10-14(15)21-18(22)24/h2-7,10H,8-9,11H2,1H3,(H,20,23)(H,21,24). The van der Waals surface area contributed by atoms with Crippen LogP contribution in [-0.4, -0.2) is 29.1 Å². The van der Waals surface area contributed by atoms with E-state index in [1.54, 1.807) is 7.11 Å². The molecule has 25 heavy (non-hydrogen) atoms. The molecule has 1 aromatic heterocycles. The molecule has 0 aliphatic rings. The summed E-state index contributed by atoms with van der Waals surface area (Å²) in [4.78, 5) is 26.6. The molecule has 0 radical (unpaired) electrons. The van der Waals surface area contributed by atoms with Crippen LogP contribution in [0.25, 0.3) is 11.0 Å². The van der Waals surface area contributed by atoms with Crippen LogP contribution < -0.4 is 15.7 Å². The van der Waals surface area contributed by atoms with Crippen LogP contribution in [0.2, 0.25) is 0 Å². The zero-order valence-corrected chi connectivity index (χ0v) is 13.7. The average molecular weight is 343 g/mol. The number of aromatic nitrogens is 2. The van der Waals surface area contributed by atoms with Crippen LogP contribution in [-0.2, 0) is 17.8 Å². The summed E-state index contributed by atoms with van der Waals surface area (Å²) in [6, 6.07) is 11.5. The number of hydrogen-bond acceptors (Lipinski definition) is 3. The molecule has 3 aromatic rings. The van der Waals surface area contributed by atoms with Gasteiger partial charge in [0.25, 0.3) is 0 Å². The van der Waals surface area contributed by atoms with Crippen LogP contribution in [0, 0.1) is 5.82 Å². The van der Waals surface area contributed by atoms with Gasteiger partial charge in [-0.05, 0) is 36.2 Å². The lowest BCUT2D eigenvalue weighted by atomic mass is 10.1. The summed E-state index contributed by atoms with van der Waals surface area (Å²) in [6.45, 7) is 0.293. The number of nitrogens with zero attached hydrogens (tertiary/aromatic N) is 1. The normalized spacial score (nSPS) is 10.8. The van der Waals surface area contributed by atoms with Gasteiger partial charge < -0.3 is 15.0 Å². The van der Waals surface area contributed by atoms with Crippen LogP contribution in [0.1, 0.15) is 5.56 Å². The Balaban J connectivity index is 1.63. The van der Waals surface area contributed by atoms with Gasteiger partial charge >= 0.3 is 5.69 Å². The Hall–Kier alpha value is -3.09. The Morgan fingerprint density at radius 3 is 2.88 bits per heavy atom. The number of fused-ring (bicyclic) bond motifs is 1. The largest absolute Gasteiger partial charge is 0.496 e. The number of halogens is 1. The van der Waals surface area contributed by atoms with Crippen molar-refractivity contribution in [2.45, 2.75) is 13.0 Å². The van der Waals surface area contributed by atoms with E-state index in [4.69, 9.17) is 4.74 Å². The summed E-state index contributed by atoms with van der Waals surface area (Å²) in [5.41, 5.74) is 1.41. The van der Waals surface area contributed by atoms with Gasteiger partial charge in [0.05, 0.1) is 18.1 Å². The maximum atomic E-state index is 13.2. The number of ether oxygens (including phenoxy) is 1. The molecule has 0 saturated carbocycles. The number of rotatable bonds is 6. The van der Waals surface area contributed by atoms with Crippen molar-refractivity contribution in [1.29, 1.82) is 0 Å². The van der Waals surface area contributed by atoms with E-state index in [9.17, 15) is 14.0 Å². The molecule has 0 unspecified atom stereocenters. The summed E-state index contributed by atoms with van der Waals surface area (Å²) >= 11 is 0. The lowest BCUT2D eigenvalue weighted by Crippen LogP contribution is -2.32. The number of carbonyl (C=O) groups excluding carboxylic acids is 1. The van der Waals surface area contributed by atoms with E-state index in [-0.39, 0.29) is 12.5 Å². The van der Waals surface area contributed by atoms with Gasteiger partial charge in [-0.1, -0.05) is 18.2 Å². The van der Waals surface area contributed by atoms with Crippen LogP contribution in [0.4, 0.5) is 4.39 Å². The smallest absolute Gasteiger partial charge is 0.326 e. The molecule has 0 spiro atoms. The Morgan fingerprint density at radius 1 is 1.28 bits per heavy atom. The molecule has 6 nitrogen and oxygen atoms in total. The molecule has 0 saturated heterocycles. The molecule has 2 aromatic carbocycles. The Morgan fingerprint density at radius 2 is 2.08 bits per heavy atom. The van der Waals surface area contributed by atoms with Gasteiger partial charge in [0, 0.05) is 6.54 Å². The van der Waals surface area contributed by atoms with Crippen molar-refractivity contribution < 1.29 is 13.9 Å². The van der Waals surface area contributed by atoms with Gasteiger partial charge in [0.1, 0.15) is 18.1 Å². The first kappa shape index (κ1) is 16.8. The first-order valence-corrected chi connectivity index (χ1v) is 7.85. The summed E-state index contributed by atoms with van der Waals surface area (Å²) in [6.07, 6.45) is 0.615. The fraction of sp³-hybridized carbons (Fsp3) is 0.222. The fourth-order valence-corrected chi connectivity index (χ4v) is 2.74. The fourth-order valence-electron chi connectivity index (χ4n) is 2.74. The number of aromatic amines is 1. The van der Waals surface area contributed by atoms with Crippen LogP contribution >= 0.6 is 0 Å². The van der Waals surface area contributed by atoms with Crippen molar-refractivity contribution >= 4 is 16.9 Å². The first-order chi connectivity index (χ1) is 12.1. The maximum absolute atomic E-state index is 13.2. The highest BCUT2D eigenvalue weighted by Gasteiger charge is 2.11. The summed E-state index contributed by atoms with van der Waals surface area (Å²) in [7, 11) is 1.60. The van der Waals surface area contributed by atoms with Crippen molar-refractivity contribution in [2.24, 2.45) is 0 Å². The molecule has 0 fully saturated rings. The molecule has 0 aliphatic carbocycles. The minimum absolute atomic E-state index is 0.129. The molecule has 1 heterocycles. The van der Waals surface area contributed by atoms with Gasteiger partial charge in [-0.3, -0.25) is 9.36 Å². The highest BCUT2D eigenvalue weighted by Crippen LogP contribution is 2.17. The van der Waals surface area contributed by atoms with Gasteiger partial charge in [0.15, 0.2) is 0 Å². The lowest BCUT2D eigenvalue weighted by molar-refractivity contribution is -0.121. The van der Waals surface area contributed by atoms with Crippen molar-refractivity contribution in [1.82, 2.24) is 14.9 Å². The third-order valence-electron chi connectivity index (χ3n) is 3.95. The Bertz CT molecular complexity index is 962. The zero-order valence-electron chi connectivity index (χ0n) is 13.7. The second kappa shape index (κ2) is 7.21. The SMILES string of the molecule is COc1ccccc1CCNC(=O)Cn1c(=O)[nH]c2cc(F)ccc21. The Kier molecular flexibility index (Phi) is 4.83. The third-order valence-corrected chi connectivity index (χ3v) is 3.95. The lowest BCUT2D eigenvalue weighted by Gasteiger charge is -2.09. The number of nitrogens with one attached hydrogen (secondary N) is 2. The molecular formula is C18H18FN3O3. The molecule has 0 bridgehead atoms. The zero-order chi connectivity index (χ0) is 17.8.